The van der Waals surface area contributed by atoms with Crippen molar-refractivity contribution in [3.05, 3.63) is 77.8 Å². The molecular formula is C17H10BrCl3N2OS. The normalized spacial score (nSPS) is 11.6. The smallest absolute Gasteiger partial charge is 0.130 e. The summed E-state index contributed by atoms with van der Waals surface area (Å²) in [6.45, 7) is 0. The highest BCUT2D eigenvalue weighted by atomic mass is 79.9. The third-order valence-electron chi connectivity index (χ3n) is 3.37. The standard InChI is InChI=1S/C17H10BrCl3N2OS/c18-9-1-4-15(14(21)7-9)22-10-2-3-11(13(20)8-10)16(23-24)17-12(19)5-6-25-17/h1-8,22,24H/b23-16-. The van der Waals surface area contributed by atoms with Gasteiger partial charge in [-0.25, -0.2) is 0 Å². The quantitative estimate of drug-likeness (QED) is 0.233. The number of halogens is 4. The first-order chi connectivity index (χ1) is 12.0. The van der Waals surface area contributed by atoms with Gasteiger partial charge < -0.3 is 10.5 Å². The number of thiophene rings is 1. The molecule has 0 unspecified atom stereocenters. The Bertz CT molecular complexity index is 959. The Morgan fingerprint density at radius 3 is 2.40 bits per heavy atom. The summed E-state index contributed by atoms with van der Waals surface area (Å²) in [5.74, 6) is 0. The highest BCUT2D eigenvalue weighted by Crippen LogP contribution is 2.32. The van der Waals surface area contributed by atoms with Gasteiger partial charge in [0.25, 0.3) is 0 Å². The van der Waals surface area contributed by atoms with Crippen molar-refractivity contribution < 1.29 is 5.21 Å². The fourth-order valence-corrected chi connectivity index (χ4v) is 4.35. The highest BCUT2D eigenvalue weighted by Gasteiger charge is 2.16. The van der Waals surface area contributed by atoms with Gasteiger partial charge in [-0.15, -0.1) is 11.3 Å². The molecule has 3 rings (SSSR count). The van der Waals surface area contributed by atoms with E-state index in [9.17, 15) is 5.21 Å². The van der Waals surface area contributed by atoms with Gasteiger partial charge in [0.05, 0.1) is 25.6 Å². The van der Waals surface area contributed by atoms with E-state index >= 15 is 0 Å². The molecular weight excluding hydrogens is 467 g/mol. The fourth-order valence-electron chi connectivity index (χ4n) is 2.22. The van der Waals surface area contributed by atoms with Crippen molar-refractivity contribution in [3.8, 4) is 0 Å². The van der Waals surface area contributed by atoms with E-state index in [1.54, 1.807) is 24.3 Å². The van der Waals surface area contributed by atoms with E-state index < -0.39 is 0 Å². The second kappa shape index (κ2) is 7.98. The van der Waals surface area contributed by atoms with Crippen LogP contribution in [0.1, 0.15) is 10.4 Å². The predicted molar refractivity (Wildman–Crippen MR) is 111 cm³/mol. The van der Waals surface area contributed by atoms with Gasteiger partial charge in [-0.3, -0.25) is 0 Å². The van der Waals surface area contributed by atoms with E-state index in [1.807, 2.05) is 23.6 Å². The summed E-state index contributed by atoms with van der Waals surface area (Å²) < 4.78 is 0.896. The molecule has 0 saturated heterocycles. The molecule has 0 radical (unpaired) electrons. The summed E-state index contributed by atoms with van der Waals surface area (Å²) in [5.41, 5.74) is 2.43. The first kappa shape index (κ1) is 18.5. The van der Waals surface area contributed by atoms with Crippen LogP contribution in [0.15, 0.2) is 57.5 Å². The number of rotatable bonds is 4. The maximum atomic E-state index is 9.41. The van der Waals surface area contributed by atoms with Crippen LogP contribution >= 0.6 is 62.1 Å². The zero-order valence-corrected chi connectivity index (χ0v) is 17.1. The molecule has 2 N–H and O–H groups in total. The van der Waals surface area contributed by atoms with Crippen molar-refractivity contribution in [3.63, 3.8) is 0 Å². The lowest BCUT2D eigenvalue weighted by molar-refractivity contribution is 0.320. The van der Waals surface area contributed by atoms with E-state index in [-0.39, 0.29) is 0 Å². The molecule has 128 valence electrons. The number of nitrogens with zero attached hydrogens (tertiary/aromatic N) is 1. The van der Waals surface area contributed by atoms with Crippen LogP contribution in [0, 0.1) is 0 Å². The Kier molecular flexibility index (Phi) is 5.92. The summed E-state index contributed by atoms with van der Waals surface area (Å²) in [6, 6.07) is 12.6. The van der Waals surface area contributed by atoms with Crippen LogP contribution in [0.25, 0.3) is 0 Å². The van der Waals surface area contributed by atoms with Crippen LogP contribution < -0.4 is 5.32 Å². The average Bonchev–Trinajstić information content (AvgIpc) is 2.99. The third kappa shape index (κ3) is 4.13. The van der Waals surface area contributed by atoms with Crippen LogP contribution in [0.2, 0.25) is 15.1 Å². The number of benzene rings is 2. The maximum absolute atomic E-state index is 9.41. The average molecular weight is 477 g/mol. The second-order valence-electron chi connectivity index (χ2n) is 4.99. The molecule has 1 heterocycles. The van der Waals surface area contributed by atoms with Crippen molar-refractivity contribution in [2.45, 2.75) is 0 Å². The molecule has 25 heavy (non-hydrogen) atoms. The second-order valence-corrected chi connectivity index (χ2v) is 8.04. The van der Waals surface area contributed by atoms with E-state index in [0.29, 0.717) is 31.2 Å². The Morgan fingerprint density at radius 2 is 1.80 bits per heavy atom. The van der Waals surface area contributed by atoms with E-state index in [2.05, 4.69) is 26.4 Å². The van der Waals surface area contributed by atoms with Crippen LogP contribution in [0.4, 0.5) is 11.4 Å². The number of anilines is 2. The largest absolute Gasteiger partial charge is 0.410 e. The molecule has 3 nitrogen and oxygen atoms in total. The summed E-state index contributed by atoms with van der Waals surface area (Å²) >= 11 is 23.5. The van der Waals surface area contributed by atoms with Crippen LogP contribution in [-0.2, 0) is 0 Å². The first-order valence-corrected chi connectivity index (χ1v) is 9.77. The molecule has 0 aliphatic rings. The minimum Gasteiger partial charge on any atom is -0.410 e. The van der Waals surface area contributed by atoms with Crippen molar-refractivity contribution in [2.24, 2.45) is 5.16 Å². The van der Waals surface area contributed by atoms with Gasteiger partial charge in [0.2, 0.25) is 0 Å². The monoisotopic (exact) mass is 474 g/mol. The molecule has 1 aromatic heterocycles. The van der Waals surface area contributed by atoms with Gasteiger partial charge >= 0.3 is 0 Å². The molecule has 0 bridgehead atoms. The molecule has 0 spiro atoms. The SMILES string of the molecule is O/N=C(/c1ccc(Nc2ccc(Br)cc2Cl)cc1Cl)c1sccc1Cl. The van der Waals surface area contributed by atoms with Gasteiger partial charge in [-0.05, 0) is 47.8 Å². The van der Waals surface area contributed by atoms with Crippen LogP contribution in [0.5, 0.6) is 0 Å². The Balaban J connectivity index is 1.92. The van der Waals surface area contributed by atoms with Gasteiger partial charge in [0.1, 0.15) is 5.71 Å². The van der Waals surface area contributed by atoms with Crippen LogP contribution in [0.3, 0.4) is 0 Å². The van der Waals surface area contributed by atoms with E-state index in [4.69, 9.17) is 34.8 Å². The lowest BCUT2D eigenvalue weighted by Crippen LogP contribution is -2.03. The third-order valence-corrected chi connectivity index (χ3v) is 5.83. The summed E-state index contributed by atoms with van der Waals surface area (Å²) in [7, 11) is 0. The van der Waals surface area contributed by atoms with Gasteiger partial charge in [-0.2, -0.15) is 0 Å². The summed E-state index contributed by atoms with van der Waals surface area (Å²) in [6.07, 6.45) is 0. The zero-order valence-electron chi connectivity index (χ0n) is 12.4. The molecule has 0 fully saturated rings. The Hall–Kier alpha value is -1.24. The van der Waals surface area contributed by atoms with Crippen LogP contribution in [-0.4, -0.2) is 10.9 Å². The zero-order chi connectivity index (χ0) is 18.0. The lowest BCUT2D eigenvalue weighted by atomic mass is 10.1. The van der Waals surface area contributed by atoms with Crippen molar-refractivity contribution in [1.29, 1.82) is 0 Å². The summed E-state index contributed by atoms with van der Waals surface area (Å²) in [5, 5.41) is 19.3. The predicted octanol–water partition coefficient (Wildman–Crippen LogP) is 7.44. The topological polar surface area (TPSA) is 44.6 Å². The maximum Gasteiger partial charge on any atom is 0.130 e. The number of nitrogens with one attached hydrogen (secondary N) is 1. The Morgan fingerprint density at radius 1 is 1.00 bits per heavy atom. The van der Waals surface area contributed by atoms with E-state index in [0.717, 1.165) is 15.8 Å². The molecule has 0 amide bonds. The molecule has 0 aliphatic carbocycles. The minimum absolute atomic E-state index is 0.332. The van der Waals surface area contributed by atoms with Crippen molar-refractivity contribution in [1.82, 2.24) is 0 Å². The molecule has 8 heteroatoms. The molecule has 3 aromatic rings. The van der Waals surface area contributed by atoms with Crippen molar-refractivity contribution in [2.75, 3.05) is 5.32 Å². The molecule has 0 atom stereocenters. The number of oxime groups is 1. The van der Waals surface area contributed by atoms with Gasteiger partial charge in [0, 0.05) is 15.7 Å². The number of hydrogen-bond acceptors (Lipinski definition) is 4. The highest BCUT2D eigenvalue weighted by molar-refractivity contribution is 9.10. The van der Waals surface area contributed by atoms with Gasteiger partial charge in [0.15, 0.2) is 0 Å². The lowest BCUT2D eigenvalue weighted by Gasteiger charge is -2.11. The fraction of sp³-hybridized carbons (Fsp3) is 0. The van der Waals surface area contributed by atoms with E-state index in [1.165, 1.54) is 11.3 Å². The summed E-state index contributed by atoms with van der Waals surface area (Å²) in [4.78, 5) is 0.655. The molecule has 0 aliphatic heterocycles. The minimum atomic E-state index is 0.332. The van der Waals surface area contributed by atoms with Crippen molar-refractivity contribution >= 4 is 79.2 Å². The van der Waals surface area contributed by atoms with Gasteiger partial charge in [-0.1, -0.05) is 55.9 Å². The Labute approximate surface area is 172 Å². The number of hydrogen-bond donors (Lipinski definition) is 2. The molecule has 0 saturated carbocycles. The molecule has 2 aromatic carbocycles. The first-order valence-electron chi connectivity index (χ1n) is 6.97.